The number of carbonyl (C=O) groups excluding carboxylic acids is 1. The average molecular weight is 355 g/mol. The molecule has 0 spiro atoms. The highest BCUT2D eigenvalue weighted by Crippen LogP contribution is 2.16. The van der Waals surface area contributed by atoms with E-state index in [4.69, 9.17) is 4.74 Å². The number of anilines is 2. The minimum Gasteiger partial charge on any atom is -0.385 e. The first-order valence-corrected chi connectivity index (χ1v) is 8.91. The van der Waals surface area contributed by atoms with Gasteiger partial charge in [-0.2, -0.15) is 0 Å². The lowest BCUT2D eigenvalue weighted by atomic mass is 10.2. The van der Waals surface area contributed by atoms with Crippen molar-refractivity contribution >= 4 is 17.4 Å². The maximum absolute atomic E-state index is 12.8. The number of pyridine rings is 2. The Balaban J connectivity index is 1.55. The minimum absolute atomic E-state index is 0.0266. The van der Waals surface area contributed by atoms with E-state index in [1.165, 1.54) is 0 Å². The van der Waals surface area contributed by atoms with Crippen LogP contribution in [0, 0.1) is 0 Å². The Hall–Kier alpha value is -2.67. The van der Waals surface area contributed by atoms with Gasteiger partial charge in [-0.1, -0.05) is 6.07 Å². The second kappa shape index (κ2) is 9.15. The third-order valence-corrected chi connectivity index (χ3v) is 4.38. The highest BCUT2D eigenvalue weighted by Gasteiger charge is 2.23. The predicted molar refractivity (Wildman–Crippen MR) is 102 cm³/mol. The van der Waals surface area contributed by atoms with Crippen molar-refractivity contribution in [1.29, 1.82) is 0 Å². The Kier molecular flexibility index (Phi) is 6.38. The molecule has 0 bridgehead atoms. The van der Waals surface area contributed by atoms with Gasteiger partial charge in [0.2, 0.25) is 0 Å². The number of ether oxygens (including phenoxy) is 1. The average Bonchev–Trinajstić information content (AvgIpc) is 2.72. The number of hydrogen-bond donors (Lipinski definition) is 1. The fraction of sp³-hybridized carbons (Fsp3) is 0.421. The standard InChI is InChI=1S/C19H25N5O2/c1-26-12-4-7-21-17-13-16(14-20-15-17)19(25)24-10-8-23(9-11-24)18-5-2-3-6-22-18/h2-3,5-6,13-15,21H,4,7-12H2,1H3. The molecule has 1 saturated heterocycles. The Morgan fingerprint density at radius 3 is 2.81 bits per heavy atom. The summed E-state index contributed by atoms with van der Waals surface area (Å²) in [4.78, 5) is 25.4. The van der Waals surface area contributed by atoms with Crippen LogP contribution in [0.1, 0.15) is 16.8 Å². The van der Waals surface area contributed by atoms with E-state index in [-0.39, 0.29) is 5.91 Å². The maximum Gasteiger partial charge on any atom is 0.255 e. The number of nitrogens with zero attached hydrogens (tertiary/aromatic N) is 4. The molecule has 0 aliphatic carbocycles. The van der Waals surface area contributed by atoms with E-state index in [0.29, 0.717) is 25.3 Å². The summed E-state index contributed by atoms with van der Waals surface area (Å²) in [6.45, 7) is 4.42. The number of piperazine rings is 1. The molecule has 1 aliphatic rings. The van der Waals surface area contributed by atoms with Crippen LogP contribution in [0.3, 0.4) is 0 Å². The molecule has 2 aromatic heterocycles. The van der Waals surface area contributed by atoms with Crippen molar-refractivity contribution < 1.29 is 9.53 Å². The zero-order valence-corrected chi connectivity index (χ0v) is 15.1. The van der Waals surface area contributed by atoms with E-state index in [1.807, 2.05) is 29.2 Å². The normalized spacial score (nSPS) is 14.3. The summed E-state index contributed by atoms with van der Waals surface area (Å²) in [7, 11) is 1.69. The second-order valence-corrected chi connectivity index (χ2v) is 6.20. The van der Waals surface area contributed by atoms with Gasteiger partial charge in [0, 0.05) is 65.0 Å². The van der Waals surface area contributed by atoms with Gasteiger partial charge in [-0.15, -0.1) is 0 Å². The van der Waals surface area contributed by atoms with Crippen molar-refractivity contribution in [3.8, 4) is 0 Å². The lowest BCUT2D eigenvalue weighted by molar-refractivity contribution is 0.0746. The van der Waals surface area contributed by atoms with Crippen molar-refractivity contribution in [3.05, 3.63) is 48.4 Å². The van der Waals surface area contributed by atoms with Crippen LogP contribution in [0.4, 0.5) is 11.5 Å². The summed E-state index contributed by atoms with van der Waals surface area (Å²) in [6.07, 6.45) is 6.07. The molecule has 1 N–H and O–H groups in total. The number of hydrogen-bond acceptors (Lipinski definition) is 6. The Morgan fingerprint density at radius 2 is 2.08 bits per heavy atom. The number of nitrogens with one attached hydrogen (secondary N) is 1. The number of aromatic nitrogens is 2. The van der Waals surface area contributed by atoms with Crippen LogP contribution in [0.2, 0.25) is 0 Å². The van der Waals surface area contributed by atoms with Gasteiger partial charge in [0.25, 0.3) is 5.91 Å². The third-order valence-electron chi connectivity index (χ3n) is 4.38. The maximum atomic E-state index is 12.8. The van der Waals surface area contributed by atoms with Crippen LogP contribution in [0.15, 0.2) is 42.9 Å². The predicted octanol–water partition coefficient (Wildman–Crippen LogP) is 1.89. The number of rotatable bonds is 7. The van der Waals surface area contributed by atoms with Gasteiger partial charge in [0.1, 0.15) is 5.82 Å². The molecule has 7 heteroatoms. The van der Waals surface area contributed by atoms with E-state index >= 15 is 0 Å². The van der Waals surface area contributed by atoms with Gasteiger partial charge in [-0.3, -0.25) is 9.78 Å². The summed E-state index contributed by atoms with van der Waals surface area (Å²) < 4.78 is 5.04. The van der Waals surface area contributed by atoms with Gasteiger partial charge in [-0.25, -0.2) is 4.98 Å². The van der Waals surface area contributed by atoms with Crippen LogP contribution in [0.25, 0.3) is 0 Å². The van der Waals surface area contributed by atoms with E-state index in [2.05, 4.69) is 20.2 Å². The quantitative estimate of drug-likeness (QED) is 0.765. The molecule has 0 atom stereocenters. The fourth-order valence-electron chi connectivity index (χ4n) is 2.96. The third kappa shape index (κ3) is 4.70. The summed E-state index contributed by atoms with van der Waals surface area (Å²) in [6, 6.07) is 7.76. The first-order valence-electron chi connectivity index (χ1n) is 8.91. The summed E-state index contributed by atoms with van der Waals surface area (Å²) >= 11 is 0. The number of amides is 1. The molecule has 1 aliphatic heterocycles. The lowest BCUT2D eigenvalue weighted by Crippen LogP contribution is -2.49. The molecular formula is C19H25N5O2. The molecule has 138 valence electrons. The van der Waals surface area contributed by atoms with Gasteiger partial charge in [0.15, 0.2) is 0 Å². The van der Waals surface area contributed by atoms with Crippen molar-refractivity contribution in [1.82, 2.24) is 14.9 Å². The van der Waals surface area contributed by atoms with Crippen molar-refractivity contribution in [2.45, 2.75) is 6.42 Å². The highest BCUT2D eigenvalue weighted by molar-refractivity contribution is 5.94. The van der Waals surface area contributed by atoms with Crippen LogP contribution >= 0.6 is 0 Å². The monoisotopic (exact) mass is 355 g/mol. The van der Waals surface area contributed by atoms with E-state index in [9.17, 15) is 4.79 Å². The van der Waals surface area contributed by atoms with Crippen LogP contribution in [-0.4, -0.2) is 67.2 Å². The zero-order chi connectivity index (χ0) is 18.2. The van der Waals surface area contributed by atoms with E-state index in [0.717, 1.165) is 37.6 Å². The van der Waals surface area contributed by atoms with Gasteiger partial charge >= 0.3 is 0 Å². The second-order valence-electron chi connectivity index (χ2n) is 6.20. The van der Waals surface area contributed by atoms with Crippen molar-refractivity contribution in [2.24, 2.45) is 0 Å². The fourth-order valence-corrected chi connectivity index (χ4v) is 2.96. The summed E-state index contributed by atoms with van der Waals surface area (Å²) in [5.41, 5.74) is 1.48. The van der Waals surface area contributed by atoms with Gasteiger partial charge in [0.05, 0.1) is 11.3 Å². The smallest absolute Gasteiger partial charge is 0.255 e. The lowest BCUT2D eigenvalue weighted by Gasteiger charge is -2.35. The molecule has 3 heterocycles. The van der Waals surface area contributed by atoms with Crippen LogP contribution < -0.4 is 10.2 Å². The molecule has 2 aromatic rings. The Bertz CT molecular complexity index is 702. The Morgan fingerprint density at radius 1 is 1.23 bits per heavy atom. The van der Waals surface area contributed by atoms with Gasteiger partial charge < -0.3 is 19.9 Å². The summed E-state index contributed by atoms with van der Waals surface area (Å²) in [5, 5.41) is 3.28. The molecule has 1 fully saturated rings. The SMILES string of the molecule is COCCCNc1cncc(C(=O)N2CCN(c3ccccn3)CC2)c1. The highest BCUT2D eigenvalue weighted by atomic mass is 16.5. The number of carbonyl (C=O) groups is 1. The molecule has 0 unspecified atom stereocenters. The molecule has 3 rings (SSSR count). The van der Waals surface area contributed by atoms with Crippen LogP contribution in [0.5, 0.6) is 0 Å². The van der Waals surface area contributed by atoms with E-state index in [1.54, 1.807) is 25.7 Å². The summed E-state index contributed by atoms with van der Waals surface area (Å²) in [5.74, 6) is 0.988. The molecule has 0 aromatic carbocycles. The molecule has 0 saturated carbocycles. The molecule has 0 radical (unpaired) electrons. The largest absolute Gasteiger partial charge is 0.385 e. The zero-order valence-electron chi connectivity index (χ0n) is 15.1. The molecule has 7 nitrogen and oxygen atoms in total. The molecule has 26 heavy (non-hydrogen) atoms. The van der Waals surface area contributed by atoms with Crippen molar-refractivity contribution in [2.75, 3.05) is 56.7 Å². The first-order chi connectivity index (χ1) is 12.8. The first kappa shape index (κ1) is 18.1. The van der Waals surface area contributed by atoms with E-state index < -0.39 is 0 Å². The number of methoxy groups -OCH3 is 1. The molecular weight excluding hydrogens is 330 g/mol. The topological polar surface area (TPSA) is 70.6 Å². The van der Waals surface area contributed by atoms with Crippen LogP contribution in [-0.2, 0) is 4.74 Å². The van der Waals surface area contributed by atoms with Gasteiger partial charge in [-0.05, 0) is 24.6 Å². The minimum atomic E-state index is 0.0266. The van der Waals surface area contributed by atoms with Crippen molar-refractivity contribution in [3.63, 3.8) is 0 Å². The Labute approximate surface area is 154 Å². The molecule has 1 amide bonds.